The van der Waals surface area contributed by atoms with Crippen molar-refractivity contribution in [2.24, 2.45) is 5.73 Å². The van der Waals surface area contributed by atoms with E-state index in [4.69, 9.17) is 17.3 Å². The summed E-state index contributed by atoms with van der Waals surface area (Å²) < 4.78 is 0. The fourth-order valence-corrected chi connectivity index (χ4v) is 2.47. The van der Waals surface area contributed by atoms with Crippen LogP contribution in [0.4, 0.5) is 5.82 Å². The van der Waals surface area contributed by atoms with Gasteiger partial charge in [-0.15, -0.1) is 0 Å². The number of carboxylic acids is 1. The van der Waals surface area contributed by atoms with Crippen molar-refractivity contribution in [2.45, 2.75) is 18.8 Å². The SMILES string of the molecule is C=C/C=C(\C=C/N)CN(C)c1nc(C2CC2)nc(C(=O)O)c1Cl. The van der Waals surface area contributed by atoms with E-state index in [1.54, 1.807) is 24.1 Å². The molecule has 0 saturated heterocycles. The maximum Gasteiger partial charge on any atom is 0.356 e. The lowest BCUT2D eigenvalue weighted by Crippen LogP contribution is -2.23. The average molecular weight is 335 g/mol. The number of anilines is 1. The topological polar surface area (TPSA) is 92.3 Å². The van der Waals surface area contributed by atoms with Crippen LogP contribution < -0.4 is 10.6 Å². The van der Waals surface area contributed by atoms with Crippen molar-refractivity contribution in [1.82, 2.24) is 9.97 Å². The number of halogens is 1. The Morgan fingerprint density at radius 3 is 2.74 bits per heavy atom. The molecule has 23 heavy (non-hydrogen) atoms. The van der Waals surface area contributed by atoms with Crippen LogP contribution >= 0.6 is 11.6 Å². The number of nitrogens with zero attached hydrogens (tertiary/aromatic N) is 3. The molecule has 0 spiro atoms. The van der Waals surface area contributed by atoms with Gasteiger partial charge in [0.1, 0.15) is 10.8 Å². The molecule has 7 heteroatoms. The van der Waals surface area contributed by atoms with Crippen molar-refractivity contribution in [2.75, 3.05) is 18.5 Å². The maximum absolute atomic E-state index is 11.4. The number of aromatic carboxylic acids is 1. The van der Waals surface area contributed by atoms with Crippen molar-refractivity contribution in [1.29, 1.82) is 0 Å². The monoisotopic (exact) mass is 334 g/mol. The molecular formula is C16H19ClN4O2. The summed E-state index contributed by atoms with van der Waals surface area (Å²) in [6, 6.07) is 0. The van der Waals surface area contributed by atoms with Crippen LogP contribution in [0.25, 0.3) is 0 Å². The molecule has 1 fully saturated rings. The lowest BCUT2D eigenvalue weighted by molar-refractivity contribution is 0.0690. The summed E-state index contributed by atoms with van der Waals surface area (Å²) in [5.41, 5.74) is 6.17. The fraction of sp³-hybridized carbons (Fsp3) is 0.312. The number of likely N-dealkylation sites (N-methyl/N-ethyl adjacent to an activating group) is 1. The van der Waals surface area contributed by atoms with Gasteiger partial charge in [-0.2, -0.15) is 0 Å². The smallest absolute Gasteiger partial charge is 0.356 e. The standard InChI is InChI=1S/C16H19ClN4O2/c1-3-4-10(7-8-18)9-21(2)15-12(17)13(16(22)23)19-14(20-15)11-5-6-11/h3-4,7-8,11H,1,5-6,9,18H2,2H3,(H,22,23)/b8-7-,10-4+. The predicted octanol–water partition coefficient (Wildman–Crippen LogP) is 2.73. The second-order valence-corrected chi connectivity index (χ2v) is 5.72. The van der Waals surface area contributed by atoms with Crippen molar-refractivity contribution in [3.8, 4) is 0 Å². The highest BCUT2D eigenvalue weighted by atomic mass is 35.5. The zero-order valence-corrected chi connectivity index (χ0v) is 13.6. The molecular weight excluding hydrogens is 316 g/mol. The number of allylic oxidation sites excluding steroid dienone is 2. The van der Waals surface area contributed by atoms with Gasteiger partial charge >= 0.3 is 5.97 Å². The Labute approximate surface area is 140 Å². The number of carbonyl (C=O) groups is 1. The quantitative estimate of drug-likeness (QED) is 0.745. The van der Waals surface area contributed by atoms with Crippen molar-refractivity contribution < 1.29 is 9.90 Å². The Hall–Kier alpha value is -2.34. The molecule has 3 N–H and O–H groups in total. The van der Waals surface area contributed by atoms with Crippen LogP contribution in [-0.2, 0) is 0 Å². The van der Waals surface area contributed by atoms with Crippen molar-refractivity contribution >= 4 is 23.4 Å². The van der Waals surface area contributed by atoms with Crippen LogP contribution in [0.1, 0.15) is 35.1 Å². The highest BCUT2D eigenvalue weighted by molar-refractivity contribution is 6.35. The minimum atomic E-state index is -1.15. The van der Waals surface area contributed by atoms with Gasteiger partial charge in [-0.05, 0) is 30.7 Å². The van der Waals surface area contributed by atoms with Crippen LogP contribution in [0.2, 0.25) is 5.02 Å². The molecule has 0 amide bonds. The molecule has 1 heterocycles. The van der Waals surface area contributed by atoms with Gasteiger partial charge in [0.15, 0.2) is 11.5 Å². The molecule has 1 aliphatic carbocycles. The Balaban J connectivity index is 2.38. The van der Waals surface area contributed by atoms with Gasteiger partial charge in [-0.1, -0.05) is 30.3 Å². The molecule has 0 aromatic carbocycles. The summed E-state index contributed by atoms with van der Waals surface area (Å²) in [6.45, 7) is 4.12. The minimum Gasteiger partial charge on any atom is -0.476 e. The van der Waals surface area contributed by atoms with Gasteiger partial charge in [0.2, 0.25) is 0 Å². The van der Waals surface area contributed by atoms with Gasteiger partial charge < -0.3 is 15.7 Å². The highest BCUT2D eigenvalue weighted by Crippen LogP contribution is 2.40. The van der Waals surface area contributed by atoms with Gasteiger partial charge in [0.05, 0.1) is 0 Å². The number of aromatic nitrogens is 2. The summed E-state index contributed by atoms with van der Waals surface area (Å²) in [7, 11) is 1.79. The van der Waals surface area contributed by atoms with Crippen molar-refractivity contribution in [3.05, 3.63) is 53.1 Å². The van der Waals surface area contributed by atoms with Gasteiger partial charge in [0.25, 0.3) is 0 Å². The predicted molar refractivity (Wildman–Crippen MR) is 90.9 cm³/mol. The normalized spacial score (nSPS) is 15.0. The Kier molecular flexibility index (Phi) is 5.39. The Bertz CT molecular complexity index is 681. The third-order valence-corrected chi connectivity index (χ3v) is 3.77. The molecule has 0 radical (unpaired) electrons. The Morgan fingerprint density at radius 2 is 2.22 bits per heavy atom. The molecule has 2 rings (SSSR count). The number of nitrogens with two attached hydrogens (primary N) is 1. The van der Waals surface area contributed by atoms with Crippen LogP contribution in [0.5, 0.6) is 0 Å². The van der Waals surface area contributed by atoms with E-state index in [9.17, 15) is 9.90 Å². The number of hydrogen-bond donors (Lipinski definition) is 2. The minimum absolute atomic E-state index is 0.0408. The molecule has 0 atom stereocenters. The second kappa shape index (κ2) is 7.28. The number of rotatable bonds is 7. The van der Waals surface area contributed by atoms with E-state index in [1.165, 1.54) is 6.20 Å². The maximum atomic E-state index is 11.4. The Morgan fingerprint density at radius 1 is 1.52 bits per heavy atom. The average Bonchev–Trinajstić information content (AvgIpc) is 3.32. The molecule has 1 aromatic heterocycles. The first-order valence-electron chi connectivity index (χ1n) is 7.19. The van der Waals surface area contributed by atoms with E-state index in [0.29, 0.717) is 18.2 Å². The van der Waals surface area contributed by atoms with Gasteiger partial charge in [-0.3, -0.25) is 0 Å². The lowest BCUT2D eigenvalue weighted by atomic mass is 10.2. The first-order valence-corrected chi connectivity index (χ1v) is 7.57. The van der Waals surface area contributed by atoms with Gasteiger partial charge in [-0.25, -0.2) is 14.8 Å². The van der Waals surface area contributed by atoms with E-state index < -0.39 is 5.97 Å². The van der Waals surface area contributed by atoms with E-state index in [-0.39, 0.29) is 16.6 Å². The van der Waals surface area contributed by atoms with Crippen LogP contribution in [0.3, 0.4) is 0 Å². The highest BCUT2D eigenvalue weighted by Gasteiger charge is 2.30. The van der Waals surface area contributed by atoms with E-state index >= 15 is 0 Å². The number of hydrogen-bond acceptors (Lipinski definition) is 5. The van der Waals surface area contributed by atoms with Gasteiger partial charge in [0, 0.05) is 19.5 Å². The zero-order valence-electron chi connectivity index (χ0n) is 12.9. The fourth-order valence-electron chi connectivity index (χ4n) is 2.16. The van der Waals surface area contributed by atoms with Crippen LogP contribution in [0.15, 0.2) is 36.6 Å². The molecule has 122 valence electrons. The molecule has 1 saturated carbocycles. The number of carboxylic acid groups (broad SMARTS) is 1. The third kappa shape index (κ3) is 4.10. The van der Waals surface area contributed by atoms with Crippen LogP contribution in [-0.4, -0.2) is 34.6 Å². The second-order valence-electron chi connectivity index (χ2n) is 5.34. The first-order chi connectivity index (χ1) is 11.0. The summed E-state index contributed by atoms with van der Waals surface area (Å²) in [5.74, 6) is 0.0147. The third-order valence-electron chi connectivity index (χ3n) is 3.42. The lowest BCUT2D eigenvalue weighted by Gasteiger charge is -2.21. The zero-order chi connectivity index (χ0) is 17.0. The molecule has 0 unspecified atom stereocenters. The van der Waals surface area contributed by atoms with E-state index in [0.717, 1.165) is 18.4 Å². The molecule has 0 aliphatic heterocycles. The van der Waals surface area contributed by atoms with Crippen molar-refractivity contribution in [3.63, 3.8) is 0 Å². The summed E-state index contributed by atoms with van der Waals surface area (Å²) in [5, 5.41) is 9.34. The molecule has 1 aromatic rings. The molecule has 6 nitrogen and oxygen atoms in total. The first kappa shape index (κ1) is 17.0. The molecule has 0 bridgehead atoms. The largest absolute Gasteiger partial charge is 0.476 e. The summed E-state index contributed by atoms with van der Waals surface area (Å²) in [4.78, 5) is 21.7. The van der Waals surface area contributed by atoms with E-state index in [2.05, 4.69) is 16.5 Å². The summed E-state index contributed by atoms with van der Waals surface area (Å²) in [6.07, 6.45) is 8.59. The molecule has 1 aliphatic rings. The van der Waals surface area contributed by atoms with Crippen LogP contribution in [0, 0.1) is 0 Å². The summed E-state index contributed by atoms with van der Waals surface area (Å²) >= 11 is 6.20. The van der Waals surface area contributed by atoms with E-state index in [1.807, 2.05) is 6.08 Å².